The van der Waals surface area contributed by atoms with E-state index in [4.69, 9.17) is 6.57 Å². The number of aryl methyl sites for hydroxylation is 1. The fraction of sp³-hybridized carbons (Fsp3) is 0.263. The molecular weight excluding hydrogens is 351 g/mol. The molecule has 8 heteroatoms. The summed E-state index contributed by atoms with van der Waals surface area (Å²) in [5.41, 5.74) is -0.326. The van der Waals surface area contributed by atoms with E-state index in [0.29, 0.717) is 0 Å². The topological polar surface area (TPSA) is 84.6 Å². The van der Waals surface area contributed by atoms with E-state index in [2.05, 4.69) is 15.5 Å². The first-order chi connectivity index (χ1) is 12.5. The fourth-order valence-corrected chi connectivity index (χ4v) is 2.31. The number of nitrogens with one attached hydrogen (secondary N) is 2. The Bertz CT molecular complexity index is 964. The van der Waals surface area contributed by atoms with Gasteiger partial charge in [-0.2, -0.15) is 0 Å². The Labute approximate surface area is 156 Å². The van der Waals surface area contributed by atoms with Crippen LogP contribution < -0.4 is 10.6 Å². The second-order valence-corrected chi connectivity index (χ2v) is 6.99. The maximum Gasteiger partial charge on any atom is 0.294 e. The number of nitrogens with zero attached hydrogens (tertiary/aromatic N) is 2. The Balaban J connectivity index is 2.20. The minimum Gasteiger partial charge on any atom is -0.347 e. The third-order valence-corrected chi connectivity index (χ3v) is 3.52. The predicted octanol–water partition coefficient (Wildman–Crippen LogP) is 3.06. The van der Waals surface area contributed by atoms with Crippen LogP contribution in [0.1, 0.15) is 41.6 Å². The third kappa shape index (κ3) is 4.79. The molecule has 7 nitrogen and oxygen atoms in total. The SMILES string of the molecule is [C-]#[N+]c1cc(NC(=O)c2cc(C(=O)C(=O)NC(C)(C)C)n(C)c2)ccc1F. The number of rotatable bonds is 4. The summed E-state index contributed by atoms with van der Waals surface area (Å²) >= 11 is 0. The Morgan fingerprint density at radius 3 is 2.44 bits per heavy atom. The molecule has 0 spiro atoms. The molecule has 0 radical (unpaired) electrons. The van der Waals surface area contributed by atoms with Gasteiger partial charge < -0.3 is 15.2 Å². The van der Waals surface area contributed by atoms with Crippen molar-refractivity contribution in [3.63, 3.8) is 0 Å². The lowest BCUT2D eigenvalue weighted by molar-refractivity contribution is -0.118. The van der Waals surface area contributed by atoms with Crippen LogP contribution in [0.2, 0.25) is 0 Å². The summed E-state index contributed by atoms with van der Waals surface area (Å²) in [7, 11) is 1.54. The normalized spacial score (nSPS) is 10.8. The molecule has 0 aliphatic carbocycles. The maximum absolute atomic E-state index is 13.4. The largest absolute Gasteiger partial charge is 0.347 e. The minimum absolute atomic E-state index is 0.0582. The van der Waals surface area contributed by atoms with E-state index in [1.165, 1.54) is 29.0 Å². The lowest BCUT2D eigenvalue weighted by atomic mass is 10.1. The number of hydrogen-bond donors (Lipinski definition) is 2. The van der Waals surface area contributed by atoms with Crippen molar-refractivity contribution in [1.29, 1.82) is 0 Å². The number of carbonyl (C=O) groups excluding carboxylic acids is 3. The molecule has 2 aromatic rings. The standard InChI is InChI=1S/C19H19FN4O3/c1-19(2,3)23-18(27)16(25)15-8-11(10-24(15)5)17(26)22-12-6-7-13(20)14(9-12)21-4/h6-10H,1-3,5H3,(H,22,26)(H,23,27). The average molecular weight is 370 g/mol. The third-order valence-electron chi connectivity index (χ3n) is 3.52. The monoisotopic (exact) mass is 370 g/mol. The number of ketones is 1. The molecule has 2 amide bonds. The molecule has 1 aromatic carbocycles. The first kappa shape index (κ1) is 19.8. The van der Waals surface area contributed by atoms with Crippen LogP contribution in [0.5, 0.6) is 0 Å². The molecule has 0 aliphatic rings. The smallest absolute Gasteiger partial charge is 0.294 e. The molecule has 0 aliphatic heterocycles. The molecule has 2 N–H and O–H groups in total. The van der Waals surface area contributed by atoms with E-state index in [1.54, 1.807) is 27.8 Å². The molecule has 1 heterocycles. The second kappa shape index (κ2) is 7.41. The average Bonchev–Trinajstić information content (AvgIpc) is 2.96. The Morgan fingerprint density at radius 2 is 1.85 bits per heavy atom. The van der Waals surface area contributed by atoms with Crippen LogP contribution >= 0.6 is 0 Å². The van der Waals surface area contributed by atoms with Gasteiger partial charge in [-0.1, -0.05) is 0 Å². The summed E-state index contributed by atoms with van der Waals surface area (Å²) in [5.74, 6) is -2.76. The Kier molecular flexibility index (Phi) is 5.45. The molecular formula is C19H19FN4O3. The van der Waals surface area contributed by atoms with E-state index in [1.807, 2.05) is 0 Å². The zero-order valence-corrected chi connectivity index (χ0v) is 15.4. The summed E-state index contributed by atoms with van der Waals surface area (Å²) in [6.07, 6.45) is 1.41. The first-order valence-electron chi connectivity index (χ1n) is 8.03. The first-order valence-corrected chi connectivity index (χ1v) is 8.03. The van der Waals surface area contributed by atoms with E-state index >= 15 is 0 Å². The minimum atomic E-state index is -0.768. The summed E-state index contributed by atoms with van der Waals surface area (Å²) in [6.45, 7) is 12.2. The fourth-order valence-electron chi connectivity index (χ4n) is 2.31. The van der Waals surface area contributed by atoms with Gasteiger partial charge in [0, 0.05) is 24.5 Å². The van der Waals surface area contributed by atoms with Crippen molar-refractivity contribution in [3.05, 3.63) is 59.0 Å². The molecule has 0 unspecified atom stereocenters. The van der Waals surface area contributed by atoms with Gasteiger partial charge in [0.05, 0.1) is 17.8 Å². The molecule has 2 rings (SSSR count). The van der Waals surface area contributed by atoms with Crippen LogP contribution in [-0.2, 0) is 11.8 Å². The van der Waals surface area contributed by atoms with E-state index in [-0.39, 0.29) is 22.6 Å². The predicted molar refractivity (Wildman–Crippen MR) is 98.3 cm³/mol. The van der Waals surface area contributed by atoms with Gasteiger partial charge in [0.1, 0.15) is 5.82 Å². The van der Waals surface area contributed by atoms with Crippen LogP contribution in [-0.4, -0.2) is 27.7 Å². The van der Waals surface area contributed by atoms with Gasteiger partial charge in [-0.3, -0.25) is 14.4 Å². The number of anilines is 1. The lowest BCUT2D eigenvalue weighted by Crippen LogP contribution is -2.44. The molecule has 0 saturated heterocycles. The van der Waals surface area contributed by atoms with Gasteiger partial charge in [0.2, 0.25) is 5.69 Å². The van der Waals surface area contributed by atoms with Crippen molar-refractivity contribution in [3.8, 4) is 0 Å². The van der Waals surface area contributed by atoms with E-state index in [0.717, 1.165) is 6.07 Å². The van der Waals surface area contributed by atoms with Crippen molar-refractivity contribution >= 4 is 29.0 Å². The molecule has 27 heavy (non-hydrogen) atoms. The van der Waals surface area contributed by atoms with Gasteiger partial charge in [0.15, 0.2) is 0 Å². The maximum atomic E-state index is 13.4. The van der Waals surface area contributed by atoms with Gasteiger partial charge in [-0.15, -0.1) is 0 Å². The van der Waals surface area contributed by atoms with E-state index in [9.17, 15) is 18.8 Å². The van der Waals surface area contributed by atoms with Crippen molar-refractivity contribution < 1.29 is 18.8 Å². The Morgan fingerprint density at radius 1 is 1.19 bits per heavy atom. The lowest BCUT2D eigenvalue weighted by Gasteiger charge is -2.19. The molecule has 0 saturated carbocycles. The van der Waals surface area contributed by atoms with Crippen molar-refractivity contribution in [2.24, 2.45) is 7.05 Å². The van der Waals surface area contributed by atoms with Crippen LogP contribution in [0.3, 0.4) is 0 Å². The zero-order chi connectivity index (χ0) is 20.4. The molecule has 0 atom stereocenters. The highest BCUT2D eigenvalue weighted by molar-refractivity contribution is 6.42. The highest BCUT2D eigenvalue weighted by Gasteiger charge is 2.25. The van der Waals surface area contributed by atoms with Crippen LogP contribution in [0.4, 0.5) is 15.8 Å². The number of amides is 2. The van der Waals surface area contributed by atoms with Gasteiger partial charge in [-0.25, -0.2) is 9.24 Å². The van der Waals surface area contributed by atoms with Crippen LogP contribution in [0.15, 0.2) is 30.5 Å². The van der Waals surface area contributed by atoms with Crippen molar-refractivity contribution in [2.75, 3.05) is 5.32 Å². The number of hydrogen-bond acceptors (Lipinski definition) is 3. The summed E-state index contributed by atoms with van der Waals surface area (Å²) < 4.78 is 14.7. The highest BCUT2D eigenvalue weighted by atomic mass is 19.1. The van der Waals surface area contributed by atoms with Crippen LogP contribution in [0.25, 0.3) is 4.85 Å². The van der Waals surface area contributed by atoms with Gasteiger partial charge >= 0.3 is 0 Å². The van der Waals surface area contributed by atoms with Crippen molar-refractivity contribution in [1.82, 2.24) is 9.88 Å². The summed E-state index contributed by atoms with van der Waals surface area (Å²) in [6, 6.07) is 4.93. The van der Waals surface area contributed by atoms with Crippen molar-refractivity contribution in [2.45, 2.75) is 26.3 Å². The van der Waals surface area contributed by atoms with Crippen LogP contribution in [0, 0.1) is 12.4 Å². The highest BCUT2D eigenvalue weighted by Crippen LogP contribution is 2.23. The number of halogens is 1. The zero-order valence-electron chi connectivity index (χ0n) is 15.4. The second-order valence-electron chi connectivity index (χ2n) is 6.99. The number of benzene rings is 1. The molecule has 0 fully saturated rings. The molecule has 140 valence electrons. The quantitative estimate of drug-likeness (QED) is 0.493. The number of carbonyl (C=O) groups is 3. The van der Waals surface area contributed by atoms with E-state index < -0.39 is 29.0 Å². The van der Waals surface area contributed by atoms with Gasteiger partial charge in [-0.05, 0) is 45.0 Å². The summed E-state index contributed by atoms with van der Waals surface area (Å²) in [4.78, 5) is 39.8. The number of aromatic nitrogens is 1. The molecule has 1 aromatic heterocycles. The van der Waals surface area contributed by atoms with Gasteiger partial charge in [0.25, 0.3) is 17.6 Å². The Hall–Kier alpha value is -3.47. The molecule has 0 bridgehead atoms. The summed E-state index contributed by atoms with van der Waals surface area (Å²) in [5, 5.41) is 5.11. The number of Topliss-reactive ketones (excluding diaryl/α,β-unsaturated/α-hetero) is 1.